The molecule has 0 aliphatic heterocycles. The summed E-state index contributed by atoms with van der Waals surface area (Å²) in [5.74, 6) is 1.02. The second kappa shape index (κ2) is 8.12. The van der Waals surface area contributed by atoms with Gasteiger partial charge in [-0.05, 0) is 38.6 Å². The summed E-state index contributed by atoms with van der Waals surface area (Å²) in [6.07, 6.45) is 8.04. The molecular weight excluding hydrogens is 186 g/mol. The highest BCUT2D eigenvalue weighted by atomic mass is 16.5. The Labute approximate surface area is 94.8 Å². The van der Waals surface area contributed by atoms with Crippen molar-refractivity contribution in [1.82, 2.24) is 5.32 Å². The van der Waals surface area contributed by atoms with Crippen LogP contribution in [0.3, 0.4) is 0 Å². The van der Waals surface area contributed by atoms with Gasteiger partial charge in [0, 0.05) is 19.3 Å². The quantitative estimate of drug-likeness (QED) is 0.595. The van der Waals surface area contributed by atoms with Gasteiger partial charge in [-0.3, -0.25) is 0 Å². The summed E-state index contributed by atoms with van der Waals surface area (Å²) in [7, 11) is 0. The summed E-state index contributed by atoms with van der Waals surface area (Å²) < 4.78 is 5.44. The largest absolute Gasteiger partial charge is 0.381 e. The molecule has 0 heterocycles. The van der Waals surface area contributed by atoms with E-state index in [4.69, 9.17) is 4.74 Å². The molecule has 2 heteroatoms. The van der Waals surface area contributed by atoms with Gasteiger partial charge in [-0.15, -0.1) is 0 Å². The lowest BCUT2D eigenvalue weighted by Crippen LogP contribution is -2.31. The molecule has 1 aliphatic carbocycles. The van der Waals surface area contributed by atoms with Crippen molar-refractivity contribution in [3.63, 3.8) is 0 Å². The van der Waals surface area contributed by atoms with Gasteiger partial charge in [-0.1, -0.05) is 26.2 Å². The lowest BCUT2D eigenvalue weighted by molar-refractivity contribution is 0.131. The van der Waals surface area contributed by atoms with Gasteiger partial charge in [-0.25, -0.2) is 0 Å². The van der Waals surface area contributed by atoms with E-state index < -0.39 is 0 Å². The van der Waals surface area contributed by atoms with Crippen LogP contribution in [0.25, 0.3) is 0 Å². The standard InChI is InChI=1S/C13H27NO/c1-3-9-15-10-5-8-14-12(2)11-13-6-4-7-13/h12-14H,3-11H2,1-2H3. The molecule has 0 amide bonds. The normalized spacial score (nSPS) is 18.8. The van der Waals surface area contributed by atoms with Crippen LogP contribution in [0.4, 0.5) is 0 Å². The third kappa shape index (κ3) is 6.16. The Morgan fingerprint density at radius 3 is 2.73 bits per heavy atom. The fourth-order valence-corrected chi connectivity index (χ4v) is 2.08. The summed E-state index contributed by atoms with van der Waals surface area (Å²) in [6.45, 7) is 7.40. The van der Waals surface area contributed by atoms with Crippen molar-refractivity contribution in [3.05, 3.63) is 0 Å². The highest BCUT2D eigenvalue weighted by Crippen LogP contribution is 2.30. The molecule has 0 bridgehead atoms. The number of hydrogen-bond donors (Lipinski definition) is 1. The summed E-state index contributed by atoms with van der Waals surface area (Å²) in [6, 6.07) is 0.696. The molecule has 90 valence electrons. The second-order valence-corrected chi connectivity index (χ2v) is 4.85. The second-order valence-electron chi connectivity index (χ2n) is 4.85. The summed E-state index contributed by atoms with van der Waals surface area (Å²) in [5, 5.41) is 3.58. The van der Waals surface area contributed by atoms with E-state index in [1.165, 1.54) is 25.7 Å². The van der Waals surface area contributed by atoms with Gasteiger partial charge in [-0.2, -0.15) is 0 Å². The molecule has 1 saturated carbocycles. The van der Waals surface area contributed by atoms with Crippen LogP contribution < -0.4 is 5.32 Å². The van der Waals surface area contributed by atoms with Gasteiger partial charge < -0.3 is 10.1 Å². The van der Waals surface area contributed by atoms with Gasteiger partial charge in [0.1, 0.15) is 0 Å². The van der Waals surface area contributed by atoms with Gasteiger partial charge in [0.25, 0.3) is 0 Å². The average Bonchev–Trinajstić information content (AvgIpc) is 2.17. The number of rotatable bonds is 9. The monoisotopic (exact) mass is 213 g/mol. The Morgan fingerprint density at radius 1 is 1.33 bits per heavy atom. The number of nitrogens with one attached hydrogen (secondary N) is 1. The first-order valence-corrected chi connectivity index (χ1v) is 6.64. The molecule has 0 aromatic carbocycles. The van der Waals surface area contributed by atoms with Crippen molar-refractivity contribution in [3.8, 4) is 0 Å². The highest BCUT2D eigenvalue weighted by Gasteiger charge is 2.19. The lowest BCUT2D eigenvalue weighted by atomic mass is 9.81. The molecule has 0 saturated heterocycles. The number of hydrogen-bond acceptors (Lipinski definition) is 2. The van der Waals surface area contributed by atoms with Gasteiger partial charge in [0.05, 0.1) is 0 Å². The minimum Gasteiger partial charge on any atom is -0.381 e. The molecule has 15 heavy (non-hydrogen) atoms. The van der Waals surface area contributed by atoms with Crippen LogP contribution in [0.5, 0.6) is 0 Å². The van der Waals surface area contributed by atoms with E-state index in [1.54, 1.807) is 0 Å². The van der Waals surface area contributed by atoms with E-state index in [0.29, 0.717) is 6.04 Å². The predicted octanol–water partition coefficient (Wildman–Crippen LogP) is 2.97. The molecule has 1 atom stereocenters. The highest BCUT2D eigenvalue weighted by molar-refractivity contribution is 4.74. The van der Waals surface area contributed by atoms with Crippen molar-refractivity contribution < 1.29 is 4.74 Å². The Hall–Kier alpha value is -0.0800. The van der Waals surface area contributed by atoms with Gasteiger partial charge in [0.15, 0.2) is 0 Å². The number of ether oxygens (including phenoxy) is 1. The van der Waals surface area contributed by atoms with Crippen LogP contribution in [-0.2, 0) is 4.74 Å². The van der Waals surface area contributed by atoms with Crippen LogP contribution in [0.1, 0.15) is 52.4 Å². The van der Waals surface area contributed by atoms with Crippen molar-refractivity contribution in [2.75, 3.05) is 19.8 Å². The molecule has 2 nitrogen and oxygen atoms in total. The lowest BCUT2D eigenvalue weighted by Gasteiger charge is -2.28. The SMILES string of the molecule is CCCOCCCNC(C)CC1CCC1. The molecule has 1 fully saturated rings. The van der Waals surface area contributed by atoms with Crippen LogP contribution in [-0.4, -0.2) is 25.8 Å². The zero-order valence-electron chi connectivity index (χ0n) is 10.4. The Bertz CT molecular complexity index is 145. The van der Waals surface area contributed by atoms with E-state index in [1.807, 2.05) is 0 Å². The first-order valence-electron chi connectivity index (χ1n) is 6.64. The maximum Gasteiger partial charge on any atom is 0.0478 e. The summed E-state index contributed by atoms with van der Waals surface area (Å²) in [4.78, 5) is 0. The molecule has 1 aliphatic rings. The third-order valence-electron chi connectivity index (χ3n) is 3.22. The zero-order valence-corrected chi connectivity index (χ0v) is 10.4. The van der Waals surface area contributed by atoms with Crippen molar-refractivity contribution >= 4 is 0 Å². The molecule has 1 N–H and O–H groups in total. The smallest absolute Gasteiger partial charge is 0.0478 e. The first-order chi connectivity index (χ1) is 7.33. The molecule has 1 unspecified atom stereocenters. The summed E-state index contributed by atoms with van der Waals surface area (Å²) >= 11 is 0. The van der Waals surface area contributed by atoms with Gasteiger partial charge >= 0.3 is 0 Å². The Balaban J connectivity index is 1.81. The Kier molecular flexibility index (Phi) is 7.03. The zero-order chi connectivity index (χ0) is 10.9. The molecular formula is C13H27NO. The van der Waals surface area contributed by atoms with E-state index in [0.717, 1.165) is 38.5 Å². The van der Waals surface area contributed by atoms with Gasteiger partial charge in [0.2, 0.25) is 0 Å². The molecule has 0 aromatic heterocycles. The maximum absolute atomic E-state index is 5.44. The fraction of sp³-hybridized carbons (Fsp3) is 1.00. The van der Waals surface area contributed by atoms with E-state index in [-0.39, 0.29) is 0 Å². The van der Waals surface area contributed by atoms with Crippen LogP contribution in [0, 0.1) is 5.92 Å². The fourth-order valence-electron chi connectivity index (χ4n) is 2.08. The molecule has 0 radical (unpaired) electrons. The molecule has 1 rings (SSSR count). The summed E-state index contributed by atoms with van der Waals surface area (Å²) in [5.41, 5.74) is 0. The van der Waals surface area contributed by atoms with Crippen LogP contribution >= 0.6 is 0 Å². The molecule has 0 spiro atoms. The van der Waals surface area contributed by atoms with E-state index in [9.17, 15) is 0 Å². The molecule has 0 aromatic rings. The van der Waals surface area contributed by atoms with Crippen LogP contribution in [0.2, 0.25) is 0 Å². The van der Waals surface area contributed by atoms with Crippen molar-refractivity contribution in [2.45, 2.75) is 58.4 Å². The van der Waals surface area contributed by atoms with E-state index >= 15 is 0 Å². The topological polar surface area (TPSA) is 21.3 Å². The minimum atomic E-state index is 0.696. The Morgan fingerprint density at radius 2 is 2.13 bits per heavy atom. The predicted molar refractivity (Wildman–Crippen MR) is 65.1 cm³/mol. The average molecular weight is 213 g/mol. The third-order valence-corrected chi connectivity index (χ3v) is 3.22. The van der Waals surface area contributed by atoms with E-state index in [2.05, 4.69) is 19.2 Å². The van der Waals surface area contributed by atoms with Crippen molar-refractivity contribution in [2.24, 2.45) is 5.92 Å². The first kappa shape index (κ1) is 13.0. The maximum atomic E-state index is 5.44. The minimum absolute atomic E-state index is 0.696. The van der Waals surface area contributed by atoms with Crippen LogP contribution in [0.15, 0.2) is 0 Å². The van der Waals surface area contributed by atoms with Crippen molar-refractivity contribution in [1.29, 1.82) is 0 Å².